The fourth-order valence-corrected chi connectivity index (χ4v) is 14.1. The van der Waals surface area contributed by atoms with Gasteiger partial charge in [0.15, 0.2) is 57.3 Å². The van der Waals surface area contributed by atoms with E-state index >= 15 is 0 Å². The number of para-hydroxylation sites is 1. The molecule has 17 heterocycles. The molecule has 0 radical (unpaired) electrons. The molecule has 48 heteroatoms. The number of carbonyl (C=O) groups excluding carboxylic acids is 2. The molecule has 0 unspecified atom stereocenters. The number of halogens is 4. The number of nitrogens with zero attached hydrogens (tertiary/aromatic N) is 20. The first kappa shape index (κ1) is 86.4. The van der Waals surface area contributed by atoms with Crippen molar-refractivity contribution in [1.82, 2.24) is 124 Å². The molecule has 41 nitrogen and oxygen atoms in total. The molecular weight excluding hydrogens is 1760 g/mol. The third-order valence-electron chi connectivity index (χ3n) is 17.7. The minimum absolute atomic E-state index is 0.0670. The van der Waals surface area contributed by atoms with Crippen LogP contribution < -0.4 is 50.3 Å². The molecule has 0 spiro atoms. The van der Waals surface area contributed by atoms with E-state index in [0.717, 1.165) is 62.0 Å². The zero-order valence-corrected chi connectivity index (χ0v) is 71.7. The van der Waals surface area contributed by atoms with Gasteiger partial charge in [0.05, 0.1) is 83.1 Å². The Hall–Kier alpha value is -13.5. The van der Waals surface area contributed by atoms with Crippen molar-refractivity contribution in [1.29, 1.82) is 0 Å². The van der Waals surface area contributed by atoms with Gasteiger partial charge in [-0.3, -0.25) is 4.79 Å². The normalized spacial score (nSPS) is 12.4. The van der Waals surface area contributed by atoms with Crippen LogP contribution in [0.1, 0.15) is 58.6 Å². The van der Waals surface area contributed by atoms with Crippen molar-refractivity contribution in [3.63, 3.8) is 0 Å². The van der Waals surface area contributed by atoms with Crippen LogP contribution in [0.2, 0.25) is 21.1 Å². The first-order valence-electron chi connectivity index (χ1n) is 38.4. The number of thiazole rings is 3. The molecule has 0 saturated carbocycles. The van der Waals surface area contributed by atoms with Gasteiger partial charge >= 0.3 is 6.09 Å². The SMILES string of the molecule is CC(C)(COc1nc2nc(Cl)nc(NCc3nccs3)c2[nH]1)OCc1ccccc1.Clc1nc(NCc2nccs2)c2[nH]c(OCCOc3ccccc3)nc2n1.O=C1CCCN1CCOc1nc2nc(Cl)nc(NCc3nccs3)c2[nH]1.O=C1OCCN1CCOc1nc2nc(Cl)nc(NCc3ccco3)c2[nH]1.c1nc(NCc2ccoc2)c2[nH]cnc2n1. The highest BCUT2D eigenvalue weighted by Gasteiger charge is 2.26. The monoisotopic (exact) mass is 1830 g/mol. The van der Waals surface area contributed by atoms with Crippen LogP contribution in [0.3, 0.4) is 0 Å². The van der Waals surface area contributed by atoms with Crippen molar-refractivity contribution >= 4 is 177 Å². The summed E-state index contributed by atoms with van der Waals surface area (Å²) < 4.78 is 49.4. The lowest BCUT2D eigenvalue weighted by Crippen LogP contribution is -2.32. The summed E-state index contributed by atoms with van der Waals surface area (Å²) in [6, 6.07) is 26.3. The predicted octanol–water partition coefficient (Wildman–Crippen LogP) is 13.7. The fraction of sp³-hybridized carbons (Fsp3) is 0.273. The highest BCUT2D eigenvalue weighted by atomic mass is 35.5. The van der Waals surface area contributed by atoms with Crippen molar-refractivity contribution in [2.45, 2.75) is 71.6 Å². The average Bonchev–Trinajstić information content (AvgIpc) is 1.76. The van der Waals surface area contributed by atoms with E-state index in [-0.39, 0.29) is 45.8 Å². The fourth-order valence-electron chi connectivity index (χ4n) is 11.8. The maximum atomic E-state index is 11.6. The number of benzene rings is 2. The Kier molecular flexibility index (Phi) is 29.4. The number of hydrogen-bond acceptors (Lipinski definition) is 37. The van der Waals surface area contributed by atoms with E-state index in [1.54, 1.807) is 93.6 Å². The molecule has 10 N–H and O–H groups in total. The van der Waals surface area contributed by atoms with Crippen LogP contribution in [0.5, 0.6) is 29.8 Å². The van der Waals surface area contributed by atoms with Crippen LogP contribution in [0.25, 0.3) is 55.8 Å². The van der Waals surface area contributed by atoms with Gasteiger partial charge in [-0.2, -0.15) is 59.8 Å². The van der Waals surface area contributed by atoms with E-state index in [9.17, 15) is 9.59 Å². The summed E-state index contributed by atoms with van der Waals surface area (Å²) in [5.74, 6) is 4.56. The number of hydrogen-bond donors (Lipinski definition) is 10. The summed E-state index contributed by atoms with van der Waals surface area (Å²) in [5, 5.41) is 24.8. The molecule has 17 aromatic rings. The molecule has 19 rings (SSSR count). The Morgan fingerprint density at radius 2 is 0.976 bits per heavy atom. The molecule has 2 aromatic carbocycles. The smallest absolute Gasteiger partial charge is 0.410 e. The number of amides is 2. The highest BCUT2D eigenvalue weighted by molar-refractivity contribution is 7.10. The van der Waals surface area contributed by atoms with E-state index in [0.29, 0.717) is 190 Å². The number of anilines is 5. The number of carbonyl (C=O) groups is 2. The summed E-state index contributed by atoms with van der Waals surface area (Å²) in [6.07, 6.45) is 14.5. The number of cyclic esters (lactones) is 1. The van der Waals surface area contributed by atoms with Crippen molar-refractivity contribution in [3.05, 3.63) is 198 Å². The lowest BCUT2D eigenvalue weighted by Gasteiger charge is -2.24. The predicted molar refractivity (Wildman–Crippen MR) is 467 cm³/mol. The molecule has 2 saturated heterocycles. The number of fused-ring (bicyclic) bond motifs is 5. The van der Waals surface area contributed by atoms with Gasteiger partial charge < -0.3 is 103 Å². The van der Waals surface area contributed by atoms with Crippen molar-refractivity contribution in [3.8, 4) is 29.8 Å². The number of aromatic amines is 5. The van der Waals surface area contributed by atoms with Crippen molar-refractivity contribution in [2.75, 3.05) is 92.4 Å². The number of ether oxygens (including phenoxy) is 7. The minimum atomic E-state index is -0.510. The van der Waals surface area contributed by atoms with Gasteiger partial charge in [0.1, 0.15) is 100 Å². The average molecular weight is 1840 g/mol. The number of H-pyrrole nitrogens is 5. The zero-order chi connectivity index (χ0) is 86.1. The van der Waals surface area contributed by atoms with Crippen LogP contribution in [0.4, 0.5) is 33.9 Å². The summed E-state index contributed by atoms with van der Waals surface area (Å²) in [6.45, 7) is 11.5. The molecule has 125 heavy (non-hydrogen) atoms. The van der Waals surface area contributed by atoms with Crippen LogP contribution in [0.15, 0.2) is 154 Å². The van der Waals surface area contributed by atoms with Gasteiger partial charge in [0.25, 0.3) is 24.0 Å². The first-order valence-corrected chi connectivity index (χ1v) is 42.5. The quantitative estimate of drug-likeness (QED) is 0.0132. The second-order valence-electron chi connectivity index (χ2n) is 27.0. The topological polar surface area (TPSA) is 503 Å². The molecule has 646 valence electrons. The number of rotatable bonds is 34. The number of likely N-dealkylation sites (tertiary alicyclic amines) is 1. The molecule has 0 atom stereocenters. The van der Waals surface area contributed by atoms with Crippen LogP contribution in [0, 0.1) is 0 Å². The van der Waals surface area contributed by atoms with Gasteiger partial charge in [-0.1, -0.05) is 48.5 Å². The van der Waals surface area contributed by atoms with E-state index in [4.69, 9.17) is 88.4 Å². The third kappa shape index (κ3) is 24.7. The summed E-state index contributed by atoms with van der Waals surface area (Å²) in [7, 11) is 0. The molecule has 0 aliphatic carbocycles. The van der Waals surface area contributed by atoms with Gasteiger partial charge in [0.2, 0.25) is 27.0 Å². The van der Waals surface area contributed by atoms with E-state index in [2.05, 4.69) is 141 Å². The lowest BCUT2D eigenvalue weighted by atomic mass is 10.1. The van der Waals surface area contributed by atoms with E-state index in [1.165, 1.54) is 6.33 Å². The maximum Gasteiger partial charge on any atom is 0.410 e. The molecule has 2 aliphatic rings. The minimum Gasteiger partial charge on any atom is -0.490 e. The second kappa shape index (κ2) is 42.5. The molecular formula is C77H76Cl4N30O11S3. The van der Waals surface area contributed by atoms with Gasteiger partial charge in [-0.05, 0) is 103 Å². The Morgan fingerprint density at radius 1 is 0.472 bits per heavy atom. The van der Waals surface area contributed by atoms with Gasteiger partial charge in [-0.25, -0.2) is 34.7 Å². The highest BCUT2D eigenvalue weighted by Crippen LogP contribution is 2.30. The maximum absolute atomic E-state index is 11.6. The summed E-state index contributed by atoms with van der Waals surface area (Å²) in [4.78, 5) is 117. The zero-order valence-electron chi connectivity index (χ0n) is 66.3. The largest absolute Gasteiger partial charge is 0.490 e. The van der Waals surface area contributed by atoms with Crippen LogP contribution in [-0.2, 0) is 53.6 Å². The molecule has 0 bridgehead atoms. The number of aromatic nitrogens is 23. The Bertz CT molecular complexity index is 6110. The Labute approximate surface area is 740 Å². The van der Waals surface area contributed by atoms with E-state index in [1.807, 2.05) is 103 Å². The standard InChI is InChI=1S/C20H21ClN6O2S.C17H15ClN6O2S.C15H16ClN7O2S.C15H15ClN6O4.C10H9N5O/c1-20(2,29-11-13-6-4-3-5-7-13)12-28-19-24-15-16(23-10-14-22-8-9-30-14)25-18(21)26-17(15)27-19;18-16-22-14(20-10-12-19-6-9-27-12)13-15(23-16)24-17(21-13)26-8-7-25-11-4-2-1-3-5-11;16-14-20-12(18-8-9-17-3-7-26-9)11-13(21-14)22-15(19-11)25-6-5-23-4-1-2-10(23)24;16-13-19-11(17-8-9-2-1-5-24-9)10-12(20-13)21-14(18-10)25-6-3-22-4-7-26-15(22)23;1-2-16-4-7(1)3-11-9-8-10(13-5-12-8)15-6-14-9/h3-9H,10-12H2,1-2H3,(H2,23,24,25,26,27);1-6,9H,7-8,10H2,(H2,20,21,22,23,24);3,7H,1-2,4-6,8H2,(H2,18,19,20,21,22);1-2,5H,3-4,6-8H2,(H2,17,18,19,20,21);1-2,4-6H,3H2,(H2,11,12,13,14,15). The van der Waals surface area contributed by atoms with Crippen molar-refractivity contribution < 1.29 is 51.6 Å². The number of imidazole rings is 5. The van der Waals surface area contributed by atoms with Gasteiger partial charge in [0, 0.05) is 59.8 Å². The van der Waals surface area contributed by atoms with Crippen molar-refractivity contribution in [2.24, 2.45) is 0 Å². The van der Waals surface area contributed by atoms with Crippen LogP contribution >= 0.6 is 80.4 Å². The molecule has 2 aliphatic heterocycles. The summed E-state index contributed by atoms with van der Waals surface area (Å²) in [5.41, 5.74) is 7.19. The third-order valence-corrected chi connectivity index (χ3v) is 20.7. The number of furan rings is 2. The Morgan fingerprint density at radius 3 is 1.46 bits per heavy atom. The Balaban J connectivity index is 0.000000122. The van der Waals surface area contributed by atoms with E-state index < -0.39 is 5.60 Å². The van der Waals surface area contributed by atoms with Gasteiger partial charge in [-0.15, -0.1) is 34.0 Å². The van der Waals surface area contributed by atoms with Crippen LogP contribution in [-0.4, -0.2) is 208 Å². The molecule has 2 amide bonds. The lowest BCUT2D eigenvalue weighted by molar-refractivity contribution is -0.128. The molecule has 15 aromatic heterocycles. The second-order valence-corrected chi connectivity index (χ2v) is 31.3. The first-order chi connectivity index (χ1) is 61.1. The number of nitrogens with one attached hydrogen (secondary N) is 10. The molecule has 2 fully saturated rings. The summed E-state index contributed by atoms with van der Waals surface area (Å²) >= 11 is 28.7.